The first-order chi connectivity index (χ1) is 11.2. The van der Waals surface area contributed by atoms with Crippen LogP contribution in [0.4, 0.5) is 11.4 Å². The number of hydrogen-bond donors (Lipinski definition) is 2. The molecule has 0 saturated heterocycles. The van der Waals surface area contributed by atoms with Gasteiger partial charge in [0.25, 0.3) is 0 Å². The fourth-order valence-corrected chi connectivity index (χ4v) is 3.44. The molecule has 5 heteroatoms. The minimum atomic E-state index is -1.54. The summed E-state index contributed by atoms with van der Waals surface area (Å²) in [7, 11) is -1.54. The van der Waals surface area contributed by atoms with Gasteiger partial charge in [-0.15, -0.1) is 0 Å². The molecule has 0 aliphatic carbocycles. The Balaban J connectivity index is 1.97. The van der Waals surface area contributed by atoms with Crippen molar-refractivity contribution in [2.24, 2.45) is 9.98 Å². The molecule has 2 aliphatic heterocycles. The summed E-state index contributed by atoms with van der Waals surface area (Å²) in [5.74, 6) is 0. The maximum atomic E-state index is 9.72. The maximum absolute atomic E-state index is 9.72. The van der Waals surface area contributed by atoms with Gasteiger partial charge in [0.05, 0.1) is 22.1 Å². The molecule has 2 N–H and O–H groups in total. The van der Waals surface area contributed by atoms with Crippen LogP contribution in [-0.4, -0.2) is 17.2 Å². The van der Waals surface area contributed by atoms with Gasteiger partial charge >= 0.3 is 7.12 Å². The molecule has 3 aromatic carbocycles. The first-order valence-corrected chi connectivity index (χ1v) is 7.43. The van der Waals surface area contributed by atoms with Crippen molar-refractivity contribution in [2.45, 2.75) is 0 Å². The lowest BCUT2D eigenvalue weighted by Gasteiger charge is -2.09. The molecule has 3 aromatic rings. The van der Waals surface area contributed by atoms with Gasteiger partial charge in [0, 0.05) is 21.6 Å². The van der Waals surface area contributed by atoms with E-state index in [2.05, 4.69) is 11.1 Å². The molecule has 2 heterocycles. The maximum Gasteiger partial charge on any atom is 0.489 e. The number of nitrogens with zero attached hydrogens (tertiary/aromatic N) is 2. The van der Waals surface area contributed by atoms with E-state index in [1.165, 1.54) is 0 Å². The molecule has 0 radical (unpaired) electrons. The van der Waals surface area contributed by atoms with Crippen molar-refractivity contribution in [3.8, 4) is 11.1 Å². The van der Waals surface area contributed by atoms with Crippen LogP contribution in [0.2, 0.25) is 0 Å². The molecule has 0 fully saturated rings. The Morgan fingerprint density at radius 2 is 1.57 bits per heavy atom. The van der Waals surface area contributed by atoms with Gasteiger partial charge in [0.1, 0.15) is 0 Å². The number of rotatable bonds is 1. The van der Waals surface area contributed by atoms with Crippen molar-refractivity contribution in [3.05, 3.63) is 75.7 Å². The molecule has 0 bridgehead atoms. The van der Waals surface area contributed by atoms with Gasteiger partial charge in [-0.2, -0.15) is 0 Å². The molecular formula is C18H11BN2O2. The number of hydrogen-bond acceptors (Lipinski definition) is 4. The van der Waals surface area contributed by atoms with Crippen LogP contribution in [0, 0.1) is 10.4 Å². The minimum absolute atomic E-state index is 0.463. The minimum Gasteiger partial charge on any atom is -0.423 e. The van der Waals surface area contributed by atoms with Crippen LogP contribution in [0.1, 0.15) is 0 Å². The molecular weight excluding hydrogens is 287 g/mol. The van der Waals surface area contributed by atoms with E-state index in [4.69, 9.17) is 4.99 Å². The van der Waals surface area contributed by atoms with Crippen molar-refractivity contribution in [3.63, 3.8) is 0 Å². The molecule has 0 saturated carbocycles. The molecule has 4 nitrogen and oxygen atoms in total. The number of benzene rings is 3. The van der Waals surface area contributed by atoms with Crippen LogP contribution in [0.3, 0.4) is 0 Å². The summed E-state index contributed by atoms with van der Waals surface area (Å²) in [4.78, 5) is 9.38. The van der Waals surface area contributed by atoms with Gasteiger partial charge in [0.2, 0.25) is 0 Å². The molecule has 0 spiro atoms. The highest BCUT2D eigenvalue weighted by atomic mass is 16.4. The molecule has 0 atom stereocenters. The van der Waals surface area contributed by atoms with Crippen LogP contribution in [-0.2, 0) is 0 Å². The van der Waals surface area contributed by atoms with E-state index < -0.39 is 7.12 Å². The number of fused-ring (bicyclic) bond motifs is 6. The van der Waals surface area contributed by atoms with Gasteiger partial charge in [-0.3, -0.25) is 0 Å². The lowest BCUT2D eigenvalue weighted by Crippen LogP contribution is -2.31. The second-order valence-electron chi connectivity index (χ2n) is 5.71. The van der Waals surface area contributed by atoms with Gasteiger partial charge < -0.3 is 10.0 Å². The molecule has 5 rings (SSSR count). The van der Waals surface area contributed by atoms with Crippen molar-refractivity contribution < 1.29 is 10.0 Å². The summed E-state index contributed by atoms with van der Waals surface area (Å²) in [6, 6.07) is 17.4. The Kier molecular flexibility index (Phi) is 2.43. The predicted octanol–water partition coefficient (Wildman–Crippen LogP) is 0.850. The highest BCUT2D eigenvalue weighted by molar-refractivity contribution is 6.61. The Hall–Kier alpha value is -2.76. The van der Waals surface area contributed by atoms with E-state index in [1.807, 2.05) is 36.4 Å². The largest absolute Gasteiger partial charge is 0.489 e. The molecule has 0 amide bonds. The third-order valence-corrected chi connectivity index (χ3v) is 4.43. The molecule has 0 aromatic heterocycles. The summed E-state index contributed by atoms with van der Waals surface area (Å²) in [6.07, 6.45) is 0. The predicted molar refractivity (Wildman–Crippen MR) is 87.4 cm³/mol. The third kappa shape index (κ3) is 1.63. The summed E-state index contributed by atoms with van der Waals surface area (Å²) in [5, 5.41) is 23.4. The first kappa shape index (κ1) is 12.8. The van der Waals surface area contributed by atoms with Crippen LogP contribution >= 0.6 is 0 Å². The Morgan fingerprint density at radius 3 is 2.43 bits per heavy atom. The van der Waals surface area contributed by atoms with Gasteiger partial charge in [-0.1, -0.05) is 30.3 Å². The lowest BCUT2D eigenvalue weighted by molar-refractivity contribution is 0.426. The Bertz CT molecular complexity index is 1200. The van der Waals surface area contributed by atoms with E-state index >= 15 is 0 Å². The topological polar surface area (TPSA) is 65.2 Å². The van der Waals surface area contributed by atoms with E-state index in [9.17, 15) is 10.0 Å². The zero-order valence-electron chi connectivity index (χ0n) is 12.1. The highest BCUT2D eigenvalue weighted by Gasteiger charge is 2.26. The molecule has 2 aliphatic rings. The van der Waals surface area contributed by atoms with E-state index in [-0.39, 0.29) is 0 Å². The average molecular weight is 298 g/mol. The van der Waals surface area contributed by atoms with Gasteiger partial charge in [-0.25, -0.2) is 9.98 Å². The van der Waals surface area contributed by atoms with Crippen molar-refractivity contribution in [1.82, 2.24) is 0 Å². The van der Waals surface area contributed by atoms with Gasteiger partial charge in [-0.05, 0) is 29.7 Å². The highest BCUT2D eigenvalue weighted by Crippen LogP contribution is 2.38. The van der Waals surface area contributed by atoms with E-state index in [0.29, 0.717) is 5.46 Å². The smallest absolute Gasteiger partial charge is 0.423 e. The third-order valence-electron chi connectivity index (χ3n) is 4.43. The first-order valence-electron chi connectivity index (χ1n) is 7.43. The van der Waals surface area contributed by atoms with Gasteiger partial charge in [0.15, 0.2) is 0 Å². The number of para-hydroxylation sites is 1. The quantitative estimate of drug-likeness (QED) is 0.451. The lowest BCUT2D eigenvalue weighted by atomic mass is 9.75. The molecule has 0 unspecified atom stereocenters. The zero-order valence-corrected chi connectivity index (χ0v) is 12.1. The van der Waals surface area contributed by atoms with E-state index in [1.54, 1.807) is 12.1 Å². The fraction of sp³-hybridized carbons (Fsp3) is 0. The van der Waals surface area contributed by atoms with Crippen molar-refractivity contribution >= 4 is 24.0 Å². The van der Waals surface area contributed by atoms with E-state index in [0.717, 1.165) is 43.7 Å². The fourth-order valence-electron chi connectivity index (χ4n) is 3.44. The van der Waals surface area contributed by atoms with Crippen molar-refractivity contribution in [1.29, 1.82) is 0 Å². The summed E-state index contributed by atoms with van der Waals surface area (Å²) < 4.78 is 0. The second kappa shape index (κ2) is 4.38. The van der Waals surface area contributed by atoms with Crippen LogP contribution in [0.15, 0.2) is 64.6 Å². The molecule has 108 valence electrons. The summed E-state index contributed by atoms with van der Waals surface area (Å²) in [6.45, 7) is 0. The summed E-state index contributed by atoms with van der Waals surface area (Å²) >= 11 is 0. The average Bonchev–Trinajstić information content (AvgIpc) is 3.11. The van der Waals surface area contributed by atoms with Crippen LogP contribution in [0.25, 0.3) is 11.1 Å². The van der Waals surface area contributed by atoms with Crippen LogP contribution < -0.4 is 16.2 Å². The summed E-state index contributed by atoms with van der Waals surface area (Å²) in [5.41, 5.74) is 3.73. The van der Waals surface area contributed by atoms with Crippen LogP contribution in [0.5, 0.6) is 0 Å². The monoisotopic (exact) mass is 298 g/mol. The second-order valence-corrected chi connectivity index (χ2v) is 5.71. The zero-order chi connectivity index (χ0) is 15.6. The van der Waals surface area contributed by atoms with Crippen molar-refractivity contribution in [2.75, 3.05) is 0 Å². The Morgan fingerprint density at radius 1 is 0.696 bits per heavy atom. The standard InChI is InChI=1S/C18H11BN2O2/c22-19(23)12-5-3-7-14-16(12)17-15(20-14)9-8-11-10-4-1-2-6-13(10)21-18(11)17/h1-9,22-23H. The molecule has 23 heavy (non-hydrogen) atoms. The normalized spacial score (nSPS) is 12.6. The Labute approximate surface area is 131 Å². The SMILES string of the molecule is OB(O)c1cccc2c1-c1c3c(ccc1=N2)=c1ccccc1=N3.